The SMILES string of the molecule is CC(C)NC(=O)NC1=CC(C)(NC(=O)NC(C)C)C=CC1C(=O)[O-]. The monoisotopic (exact) mass is 337 g/mol. The van der Waals surface area contributed by atoms with Gasteiger partial charge in [-0.25, -0.2) is 9.59 Å². The van der Waals surface area contributed by atoms with Gasteiger partial charge < -0.3 is 31.2 Å². The summed E-state index contributed by atoms with van der Waals surface area (Å²) in [7, 11) is 0. The van der Waals surface area contributed by atoms with E-state index in [9.17, 15) is 19.5 Å². The number of urea groups is 2. The first-order valence-electron chi connectivity index (χ1n) is 7.81. The Morgan fingerprint density at radius 3 is 2.12 bits per heavy atom. The van der Waals surface area contributed by atoms with E-state index in [0.717, 1.165) is 0 Å². The highest BCUT2D eigenvalue weighted by molar-refractivity contribution is 5.82. The summed E-state index contributed by atoms with van der Waals surface area (Å²) in [5.41, 5.74) is -0.797. The molecule has 24 heavy (non-hydrogen) atoms. The average Bonchev–Trinajstić information content (AvgIpc) is 2.34. The van der Waals surface area contributed by atoms with E-state index >= 15 is 0 Å². The predicted octanol–water partition coefficient (Wildman–Crippen LogP) is -0.0199. The van der Waals surface area contributed by atoms with Crippen molar-refractivity contribution >= 4 is 18.0 Å². The number of amides is 4. The molecule has 0 bridgehead atoms. The molecular weight excluding hydrogens is 312 g/mol. The highest BCUT2D eigenvalue weighted by Gasteiger charge is 2.29. The van der Waals surface area contributed by atoms with E-state index in [1.54, 1.807) is 26.8 Å². The molecule has 8 nitrogen and oxygen atoms in total. The third kappa shape index (κ3) is 5.94. The number of aliphatic carboxylic acids is 1. The van der Waals surface area contributed by atoms with Crippen molar-refractivity contribution in [2.24, 2.45) is 5.92 Å². The molecule has 0 aromatic carbocycles. The van der Waals surface area contributed by atoms with Crippen molar-refractivity contribution < 1.29 is 19.5 Å². The number of hydrogen-bond acceptors (Lipinski definition) is 4. The van der Waals surface area contributed by atoms with Crippen molar-refractivity contribution in [3.8, 4) is 0 Å². The Labute approximate surface area is 141 Å². The van der Waals surface area contributed by atoms with Crippen LogP contribution in [0, 0.1) is 5.92 Å². The number of carboxylic acids is 1. The van der Waals surface area contributed by atoms with Crippen molar-refractivity contribution in [1.29, 1.82) is 0 Å². The van der Waals surface area contributed by atoms with Gasteiger partial charge in [-0.1, -0.05) is 12.2 Å². The average molecular weight is 337 g/mol. The number of rotatable bonds is 5. The molecule has 1 rings (SSSR count). The Hall–Kier alpha value is -2.51. The molecule has 4 amide bonds. The number of carboxylic acid groups (broad SMARTS) is 1. The zero-order valence-corrected chi connectivity index (χ0v) is 14.6. The summed E-state index contributed by atoms with van der Waals surface area (Å²) < 4.78 is 0. The van der Waals surface area contributed by atoms with Crippen molar-refractivity contribution in [3.05, 3.63) is 23.9 Å². The summed E-state index contributed by atoms with van der Waals surface area (Å²) in [5, 5.41) is 21.8. The van der Waals surface area contributed by atoms with Crippen LogP contribution in [0.2, 0.25) is 0 Å². The second kappa shape index (κ2) is 7.85. The van der Waals surface area contributed by atoms with Gasteiger partial charge in [-0.2, -0.15) is 0 Å². The Morgan fingerprint density at radius 2 is 1.62 bits per heavy atom. The maximum atomic E-state index is 11.9. The smallest absolute Gasteiger partial charge is 0.319 e. The number of hydrogen-bond donors (Lipinski definition) is 4. The summed E-state index contributed by atoms with van der Waals surface area (Å²) in [5.74, 6) is -2.43. The molecule has 134 valence electrons. The lowest BCUT2D eigenvalue weighted by molar-refractivity contribution is -0.308. The van der Waals surface area contributed by atoms with Gasteiger partial charge in [0.2, 0.25) is 0 Å². The Balaban J connectivity index is 2.96. The minimum atomic E-state index is -1.34. The molecule has 2 unspecified atom stereocenters. The standard InChI is InChI=1S/C16H26N4O4/c1-9(2)17-14(23)19-12-8-16(5,7-6-11(12)13(21)22)20-15(24)18-10(3)4/h6-11H,1-5H3,(H,21,22)(H2,17,19,23)(H2,18,20,24)/p-1. The molecule has 0 fully saturated rings. The van der Waals surface area contributed by atoms with E-state index in [2.05, 4.69) is 21.3 Å². The highest BCUT2D eigenvalue weighted by Crippen LogP contribution is 2.23. The fraction of sp³-hybridized carbons (Fsp3) is 0.562. The fourth-order valence-corrected chi connectivity index (χ4v) is 2.23. The van der Waals surface area contributed by atoms with Gasteiger partial charge in [0, 0.05) is 17.8 Å². The summed E-state index contributed by atoms with van der Waals surface area (Å²) in [4.78, 5) is 35.0. The number of nitrogens with one attached hydrogen (secondary N) is 4. The molecule has 0 spiro atoms. The van der Waals surface area contributed by atoms with Crippen LogP contribution in [0.3, 0.4) is 0 Å². The van der Waals surface area contributed by atoms with E-state index in [-0.39, 0.29) is 17.8 Å². The molecule has 0 saturated heterocycles. The van der Waals surface area contributed by atoms with E-state index < -0.39 is 29.5 Å². The summed E-state index contributed by atoms with van der Waals surface area (Å²) >= 11 is 0. The summed E-state index contributed by atoms with van der Waals surface area (Å²) in [6, 6.07) is -1.07. The van der Waals surface area contributed by atoms with Gasteiger partial charge in [0.1, 0.15) is 0 Å². The number of carbonyl (C=O) groups is 3. The molecule has 1 aliphatic rings. The van der Waals surface area contributed by atoms with Crippen molar-refractivity contribution in [2.75, 3.05) is 0 Å². The van der Waals surface area contributed by atoms with Gasteiger partial charge in [-0.3, -0.25) is 0 Å². The lowest BCUT2D eigenvalue weighted by Gasteiger charge is -2.32. The molecule has 0 heterocycles. The Bertz CT molecular complexity index is 568. The van der Waals surface area contributed by atoms with Crippen LogP contribution in [0.15, 0.2) is 23.9 Å². The maximum absolute atomic E-state index is 11.9. The van der Waals surface area contributed by atoms with Crippen LogP contribution in [0.1, 0.15) is 34.6 Å². The van der Waals surface area contributed by atoms with Crippen molar-refractivity contribution in [1.82, 2.24) is 21.3 Å². The van der Waals surface area contributed by atoms with Gasteiger partial charge in [0.25, 0.3) is 0 Å². The largest absolute Gasteiger partial charge is 0.549 e. The van der Waals surface area contributed by atoms with Gasteiger partial charge in [-0.05, 0) is 40.7 Å². The zero-order chi connectivity index (χ0) is 18.5. The molecule has 0 radical (unpaired) electrons. The molecule has 0 saturated carbocycles. The second-order valence-corrected chi connectivity index (χ2v) is 6.54. The van der Waals surface area contributed by atoms with Gasteiger partial charge in [-0.15, -0.1) is 0 Å². The zero-order valence-electron chi connectivity index (χ0n) is 14.6. The van der Waals surface area contributed by atoms with E-state index in [1.165, 1.54) is 12.2 Å². The number of carbonyl (C=O) groups excluding carboxylic acids is 3. The summed E-state index contributed by atoms with van der Waals surface area (Å²) in [6.07, 6.45) is 4.43. The lowest BCUT2D eigenvalue weighted by atomic mass is 9.88. The normalized spacial score (nSPS) is 22.8. The lowest BCUT2D eigenvalue weighted by Crippen LogP contribution is -2.52. The minimum Gasteiger partial charge on any atom is -0.549 e. The summed E-state index contributed by atoms with van der Waals surface area (Å²) in [6.45, 7) is 8.91. The quantitative estimate of drug-likeness (QED) is 0.527. The molecule has 2 atom stereocenters. The third-order valence-corrected chi connectivity index (χ3v) is 3.16. The van der Waals surface area contributed by atoms with Crippen LogP contribution in [0.5, 0.6) is 0 Å². The molecule has 0 aromatic rings. The first kappa shape index (κ1) is 19.5. The minimum absolute atomic E-state index is 0.0458. The van der Waals surface area contributed by atoms with Crippen molar-refractivity contribution in [2.45, 2.75) is 52.2 Å². The van der Waals surface area contributed by atoms with E-state index in [1.807, 2.05) is 13.8 Å². The second-order valence-electron chi connectivity index (χ2n) is 6.54. The maximum Gasteiger partial charge on any atom is 0.319 e. The molecular formula is C16H25N4O4-. The molecule has 1 aliphatic carbocycles. The van der Waals surface area contributed by atoms with Crippen LogP contribution in [-0.2, 0) is 4.79 Å². The Kier molecular flexibility index (Phi) is 6.39. The van der Waals surface area contributed by atoms with Gasteiger partial charge in [0.05, 0.1) is 17.4 Å². The van der Waals surface area contributed by atoms with Gasteiger partial charge in [0.15, 0.2) is 0 Å². The first-order valence-corrected chi connectivity index (χ1v) is 7.81. The topological polar surface area (TPSA) is 122 Å². The van der Waals surface area contributed by atoms with E-state index in [0.29, 0.717) is 0 Å². The third-order valence-electron chi connectivity index (χ3n) is 3.16. The van der Waals surface area contributed by atoms with E-state index in [4.69, 9.17) is 0 Å². The van der Waals surface area contributed by atoms with Crippen LogP contribution in [0.4, 0.5) is 9.59 Å². The van der Waals surface area contributed by atoms with Gasteiger partial charge >= 0.3 is 12.1 Å². The molecule has 4 N–H and O–H groups in total. The predicted molar refractivity (Wildman–Crippen MR) is 87.7 cm³/mol. The fourth-order valence-electron chi connectivity index (χ4n) is 2.23. The highest BCUT2D eigenvalue weighted by atomic mass is 16.4. The molecule has 0 aliphatic heterocycles. The van der Waals surface area contributed by atoms with Crippen LogP contribution >= 0.6 is 0 Å². The van der Waals surface area contributed by atoms with Crippen LogP contribution in [0.25, 0.3) is 0 Å². The van der Waals surface area contributed by atoms with Crippen molar-refractivity contribution in [3.63, 3.8) is 0 Å². The Morgan fingerprint density at radius 1 is 1.08 bits per heavy atom. The van der Waals surface area contributed by atoms with Crippen LogP contribution < -0.4 is 26.4 Å². The molecule has 0 aromatic heterocycles. The van der Waals surface area contributed by atoms with Crippen LogP contribution in [-0.4, -0.2) is 35.7 Å². The first-order chi connectivity index (χ1) is 11.0. The molecule has 8 heteroatoms.